The number of halogens is 1. The molecule has 2 aliphatic rings. The van der Waals surface area contributed by atoms with Crippen LogP contribution in [-0.2, 0) is 4.79 Å². The Hall–Kier alpha value is -3.51. The number of amides is 1. The maximum atomic E-state index is 13.6. The molecule has 172 valence electrons. The Morgan fingerprint density at radius 1 is 1.00 bits per heavy atom. The van der Waals surface area contributed by atoms with Gasteiger partial charge in [-0.15, -0.1) is 0 Å². The Morgan fingerprint density at radius 3 is 2.47 bits per heavy atom. The summed E-state index contributed by atoms with van der Waals surface area (Å²) in [6.45, 7) is 3.00. The summed E-state index contributed by atoms with van der Waals surface area (Å²) in [5, 5.41) is 9.19. The zero-order valence-corrected chi connectivity index (χ0v) is 19.1. The van der Waals surface area contributed by atoms with E-state index in [4.69, 9.17) is 0 Å². The molecule has 3 aromatic carbocycles. The summed E-state index contributed by atoms with van der Waals surface area (Å²) < 4.78 is 15.2. The molecule has 34 heavy (non-hydrogen) atoms. The van der Waals surface area contributed by atoms with Crippen LogP contribution in [0.15, 0.2) is 79.0 Å². The van der Waals surface area contributed by atoms with E-state index in [0.29, 0.717) is 0 Å². The van der Waals surface area contributed by atoms with E-state index < -0.39 is 0 Å². The summed E-state index contributed by atoms with van der Waals surface area (Å²) in [7, 11) is 0. The van der Waals surface area contributed by atoms with Crippen molar-refractivity contribution in [1.29, 1.82) is 0 Å². The van der Waals surface area contributed by atoms with Crippen LogP contribution in [0.1, 0.15) is 31.4 Å². The van der Waals surface area contributed by atoms with Crippen LogP contribution in [0.5, 0.6) is 0 Å². The number of hydrogen-bond donors (Lipinski definition) is 1. The Bertz CT molecular complexity index is 1330. The van der Waals surface area contributed by atoms with Crippen molar-refractivity contribution in [1.82, 2.24) is 15.1 Å². The molecule has 2 heterocycles. The van der Waals surface area contributed by atoms with E-state index in [1.165, 1.54) is 25.0 Å². The highest BCUT2D eigenvalue weighted by molar-refractivity contribution is 6.00. The number of aromatic nitrogens is 2. The number of fused-ring (bicyclic) bond motifs is 1. The van der Waals surface area contributed by atoms with Crippen LogP contribution in [0, 0.1) is 17.7 Å². The molecule has 1 aliphatic heterocycles. The van der Waals surface area contributed by atoms with Crippen LogP contribution >= 0.6 is 0 Å². The van der Waals surface area contributed by atoms with Crippen molar-refractivity contribution in [3.63, 3.8) is 0 Å². The van der Waals surface area contributed by atoms with Crippen LogP contribution in [0.4, 0.5) is 10.1 Å². The van der Waals surface area contributed by atoms with Gasteiger partial charge in [-0.25, -0.2) is 9.07 Å². The van der Waals surface area contributed by atoms with Gasteiger partial charge >= 0.3 is 0 Å². The third-order valence-electron chi connectivity index (χ3n) is 7.17. The second kappa shape index (κ2) is 8.37. The maximum absolute atomic E-state index is 13.6. The monoisotopic (exact) mass is 454 g/mol. The fraction of sp³-hybridized carbons (Fsp3) is 0.286. The van der Waals surface area contributed by atoms with Gasteiger partial charge in [-0.1, -0.05) is 37.3 Å². The van der Waals surface area contributed by atoms with E-state index in [-0.39, 0.29) is 29.7 Å². The average molecular weight is 455 g/mol. The third-order valence-corrected chi connectivity index (χ3v) is 7.17. The van der Waals surface area contributed by atoms with E-state index in [2.05, 4.69) is 22.5 Å². The molecule has 1 saturated heterocycles. The van der Waals surface area contributed by atoms with Crippen LogP contribution in [0.25, 0.3) is 16.6 Å². The zero-order valence-electron chi connectivity index (χ0n) is 19.1. The lowest BCUT2D eigenvalue weighted by Gasteiger charge is -2.29. The fourth-order valence-electron chi connectivity index (χ4n) is 5.11. The number of benzene rings is 3. The summed E-state index contributed by atoms with van der Waals surface area (Å²) in [6.07, 6.45) is 4.35. The highest BCUT2D eigenvalue weighted by Gasteiger charge is 2.47. The molecule has 1 aliphatic carbocycles. The summed E-state index contributed by atoms with van der Waals surface area (Å²) >= 11 is 0. The molecule has 0 unspecified atom stereocenters. The first kappa shape index (κ1) is 21.1. The molecule has 6 heteroatoms. The van der Waals surface area contributed by atoms with Gasteiger partial charge in [-0.3, -0.25) is 4.79 Å². The normalized spacial score (nSPS) is 22.6. The predicted octanol–water partition coefficient (Wildman–Crippen LogP) is 5.26. The molecule has 0 spiro atoms. The van der Waals surface area contributed by atoms with Gasteiger partial charge in [-0.2, -0.15) is 5.10 Å². The van der Waals surface area contributed by atoms with Crippen molar-refractivity contribution in [3.05, 3.63) is 90.4 Å². The SMILES string of the molecule is C[C@H]1C(=O)N(c2ccc3c(cnn3-c3ccc(F)cc3)c2)[C@@H](c2ccccc2)[C@@H]1NCC1CC1. The summed E-state index contributed by atoms with van der Waals surface area (Å²) in [6, 6.07) is 22.6. The number of rotatable bonds is 6. The summed E-state index contributed by atoms with van der Waals surface area (Å²) in [5.41, 5.74) is 3.71. The van der Waals surface area contributed by atoms with Crippen LogP contribution < -0.4 is 10.2 Å². The Morgan fingerprint density at radius 2 is 1.74 bits per heavy atom. The van der Waals surface area contributed by atoms with E-state index in [0.717, 1.165) is 40.3 Å². The van der Waals surface area contributed by atoms with Gasteiger partial charge in [-0.05, 0) is 73.3 Å². The molecule has 0 radical (unpaired) electrons. The third kappa shape index (κ3) is 3.68. The Labute approximate surface area is 198 Å². The number of anilines is 1. The Kier molecular flexibility index (Phi) is 5.18. The molecule has 1 amide bonds. The maximum Gasteiger partial charge on any atom is 0.232 e. The average Bonchev–Trinajstić information content (AvgIpc) is 3.55. The molecule has 3 atom stereocenters. The molecule has 4 aromatic rings. The van der Waals surface area contributed by atoms with Gasteiger partial charge in [0.1, 0.15) is 5.82 Å². The molecule has 5 nitrogen and oxygen atoms in total. The van der Waals surface area contributed by atoms with Gasteiger partial charge in [0.05, 0.1) is 29.4 Å². The molecule has 0 bridgehead atoms. The summed E-state index contributed by atoms with van der Waals surface area (Å²) in [5.74, 6) is 0.469. The number of carbonyl (C=O) groups is 1. The smallest absolute Gasteiger partial charge is 0.232 e. The first-order chi connectivity index (χ1) is 16.6. The quantitative estimate of drug-likeness (QED) is 0.433. The van der Waals surface area contributed by atoms with E-state index in [9.17, 15) is 9.18 Å². The first-order valence-electron chi connectivity index (χ1n) is 12.0. The minimum atomic E-state index is -0.277. The van der Waals surface area contributed by atoms with Gasteiger partial charge in [0.15, 0.2) is 0 Å². The zero-order chi connectivity index (χ0) is 23.2. The molecule has 1 saturated carbocycles. The van der Waals surface area contributed by atoms with Crippen molar-refractivity contribution < 1.29 is 9.18 Å². The van der Waals surface area contributed by atoms with Crippen LogP contribution in [-0.4, -0.2) is 28.3 Å². The van der Waals surface area contributed by atoms with Crippen LogP contribution in [0.2, 0.25) is 0 Å². The van der Waals surface area contributed by atoms with Crippen molar-refractivity contribution in [2.45, 2.75) is 31.8 Å². The van der Waals surface area contributed by atoms with Gasteiger partial charge < -0.3 is 10.2 Å². The largest absolute Gasteiger partial charge is 0.311 e. The number of nitrogens with zero attached hydrogens (tertiary/aromatic N) is 3. The molecular weight excluding hydrogens is 427 g/mol. The van der Waals surface area contributed by atoms with E-state index in [1.54, 1.807) is 23.0 Å². The van der Waals surface area contributed by atoms with Gasteiger partial charge in [0.25, 0.3) is 0 Å². The minimum Gasteiger partial charge on any atom is -0.311 e. The van der Waals surface area contributed by atoms with E-state index >= 15 is 0 Å². The van der Waals surface area contributed by atoms with Gasteiger partial charge in [0, 0.05) is 17.1 Å². The standard InChI is InChI=1S/C28H27FN4O/c1-18-26(30-16-19-7-8-19)27(20-5-3-2-4-6-20)32(28(18)34)24-13-14-25-21(15-24)17-31-33(25)23-11-9-22(29)10-12-23/h2-6,9-15,17-19,26-27,30H,7-8,16H2,1H3/t18-,26-,27+/m1/s1. The molecule has 1 N–H and O–H groups in total. The van der Waals surface area contributed by atoms with Gasteiger partial charge in [0.2, 0.25) is 5.91 Å². The molecule has 2 fully saturated rings. The predicted molar refractivity (Wildman–Crippen MR) is 131 cm³/mol. The van der Waals surface area contributed by atoms with Crippen molar-refractivity contribution >= 4 is 22.5 Å². The fourth-order valence-corrected chi connectivity index (χ4v) is 5.11. The van der Waals surface area contributed by atoms with Crippen molar-refractivity contribution in [3.8, 4) is 5.69 Å². The lowest BCUT2D eigenvalue weighted by molar-refractivity contribution is -0.120. The van der Waals surface area contributed by atoms with Crippen molar-refractivity contribution in [2.24, 2.45) is 11.8 Å². The lowest BCUT2D eigenvalue weighted by atomic mass is 9.94. The lowest BCUT2D eigenvalue weighted by Crippen LogP contribution is -2.39. The topological polar surface area (TPSA) is 50.2 Å². The highest BCUT2D eigenvalue weighted by atomic mass is 19.1. The van der Waals surface area contributed by atoms with Crippen molar-refractivity contribution in [2.75, 3.05) is 11.4 Å². The second-order valence-electron chi connectivity index (χ2n) is 9.51. The molecule has 6 rings (SSSR count). The summed E-state index contributed by atoms with van der Waals surface area (Å²) in [4.78, 5) is 15.5. The highest BCUT2D eigenvalue weighted by Crippen LogP contribution is 2.41. The molecular formula is C28H27FN4O. The number of carbonyl (C=O) groups excluding carboxylic acids is 1. The van der Waals surface area contributed by atoms with E-state index in [1.807, 2.05) is 48.2 Å². The van der Waals surface area contributed by atoms with Crippen LogP contribution in [0.3, 0.4) is 0 Å². The second-order valence-corrected chi connectivity index (χ2v) is 9.51. The molecule has 1 aromatic heterocycles. The first-order valence-corrected chi connectivity index (χ1v) is 12.0. The number of hydrogen-bond acceptors (Lipinski definition) is 3. The Balaban J connectivity index is 1.39. The minimum absolute atomic E-state index is 0.0492. The number of nitrogens with one attached hydrogen (secondary N) is 1.